The number of fused-ring (bicyclic) bond motifs is 1. The molecule has 1 aromatic rings. The smallest absolute Gasteiger partial charge is 0.186 e. The molecule has 0 aliphatic carbocycles. The van der Waals surface area contributed by atoms with Crippen LogP contribution in [0.25, 0.3) is 0 Å². The Kier molecular flexibility index (Phi) is 3.11. The summed E-state index contributed by atoms with van der Waals surface area (Å²) in [5.41, 5.74) is 0. The molecule has 0 amide bonds. The fraction of sp³-hybridized carbons (Fsp3) is 0.667. The number of hydrogen-bond donors (Lipinski definition) is 0. The molecule has 4 nitrogen and oxygen atoms in total. The molecule has 1 aromatic heterocycles. The maximum atomic E-state index is 10.7. The number of piperidine rings is 1. The largest absolute Gasteiger partial charge is 0.345 e. The predicted molar refractivity (Wildman–Crippen MR) is 68.9 cm³/mol. The van der Waals surface area contributed by atoms with E-state index in [2.05, 4.69) is 14.8 Å². The summed E-state index contributed by atoms with van der Waals surface area (Å²) < 4.78 is 0. The summed E-state index contributed by atoms with van der Waals surface area (Å²) in [6.07, 6.45) is 6.58. The number of aldehydes is 1. The maximum absolute atomic E-state index is 10.7. The standard InChI is InChI=1S/C12H17N3OS/c16-9-11-7-13-12(17-11)15-6-5-14-4-2-1-3-10(14)8-15/h7,9-10H,1-6,8H2. The Morgan fingerprint density at radius 1 is 1.35 bits per heavy atom. The summed E-state index contributed by atoms with van der Waals surface area (Å²) in [6.45, 7) is 4.52. The topological polar surface area (TPSA) is 36.4 Å². The highest BCUT2D eigenvalue weighted by Gasteiger charge is 2.29. The van der Waals surface area contributed by atoms with Crippen LogP contribution in [0.1, 0.15) is 28.9 Å². The number of carbonyl (C=O) groups is 1. The fourth-order valence-electron chi connectivity index (χ4n) is 2.81. The van der Waals surface area contributed by atoms with E-state index < -0.39 is 0 Å². The first-order chi connectivity index (χ1) is 8.36. The predicted octanol–water partition coefficient (Wildman–Crippen LogP) is 1.63. The van der Waals surface area contributed by atoms with Crippen LogP contribution in [0.15, 0.2) is 6.20 Å². The van der Waals surface area contributed by atoms with Gasteiger partial charge in [0.15, 0.2) is 11.4 Å². The van der Waals surface area contributed by atoms with Crippen molar-refractivity contribution in [3.8, 4) is 0 Å². The second-order valence-electron chi connectivity index (χ2n) is 4.79. The minimum Gasteiger partial charge on any atom is -0.345 e. The monoisotopic (exact) mass is 251 g/mol. The van der Waals surface area contributed by atoms with Crippen molar-refractivity contribution in [3.05, 3.63) is 11.1 Å². The molecule has 0 saturated carbocycles. The third-order valence-electron chi connectivity index (χ3n) is 3.74. The third-order valence-corrected chi connectivity index (χ3v) is 4.72. The lowest BCUT2D eigenvalue weighted by Gasteiger charge is -2.43. The van der Waals surface area contributed by atoms with Gasteiger partial charge in [-0.25, -0.2) is 4.98 Å². The number of piperazine rings is 1. The highest BCUT2D eigenvalue weighted by Crippen LogP contribution is 2.27. The van der Waals surface area contributed by atoms with Gasteiger partial charge in [-0.05, 0) is 19.4 Å². The highest BCUT2D eigenvalue weighted by molar-refractivity contribution is 7.17. The van der Waals surface area contributed by atoms with E-state index in [0.717, 1.165) is 35.9 Å². The van der Waals surface area contributed by atoms with Crippen LogP contribution < -0.4 is 4.90 Å². The Hall–Kier alpha value is -0.940. The van der Waals surface area contributed by atoms with Crippen molar-refractivity contribution in [1.29, 1.82) is 0 Å². The Morgan fingerprint density at radius 3 is 3.12 bits per heavy atom. The zero-order chi connectivity index (χ0) is 11.7. The van der Waals surface area contributed by atoms with Gasteiger partial charge >= 0.3 is 0 Å². The molecule has 0 N–H and O–H groups in total. The fourth-order valence-corrected chi connectivity index (χ4v) is 3.57. The average Bonchev–Trinajstić information content (AvgIpc) is 2.87. The molecule has 0 radical (unpaired) electrons. The average molecular weight is 251 g/mol. The van der Waals surface area contributed by atoms with Gasteiger partial charge in [-0.2, -0.15) is 0 Å². The van der Waals surface area contributed by atoms with Gasteiger partial charge in [0, 0.05) is 25.7 Å². The molecular formula is C12H17N3OS. The van der Waals surface area contributed by atoms with Crippen LogP contribution in [0.3, 0.4) is 0 Å². The van der Waals surface area contributed by atoms with E-state index in [4.69, 9.17) is 0 Å². The zero-order valence-electron chi connectivity index (χ0n) is 9.84. The normalized spacial score (nSPS) is 25.6. The van der Waals surface area contributed by atoms with Crippen LogP contribution in [0.2, 0.25) is 0 Å². The maximum Gasteiger partial charge on any atom is 0.186 e. The summed E-state index contributed by atoms with van der Waals surface area (Å²) in [5, 5.41) is 1.01. The van der Waals surface area contributed by atoms with E-state index >= 15 is 0 Å². The van der Waals surface area contributed by atoms with Crippen LogP contribution >= 0.6 is 11.3 Å². The summed E-state index contributed by atoms with van der Waals surface area (Å²) in [6, 6.07) is 0.695. The Labute approximate surface area is 105 Å². The molecule has 2 saturated heterocycles. The molecule has 0 bridgehead atoms. The molecule has 0 spiro atoms. The second kappa shape index (κ2) is 4.74. The van der Waals surface area contributed by atoms with Gasteiger partial charge in [0.25, 0.3) is 0 Å². The number of hydrogen-bond acceptors (Lipinski definition) is 5. The Bertz CT molecular complexity index is 406. The Balaban J connectivity index is 1.70. The van der Waals surface area contributed by atoms with Crippen molar-refractivity contribution in [2.24, 2.45) is 0 Å². The number of thiazole rings is 1. The van der Waals surface area contributed by atoms with E-state index in [0.29, 0.717) is 6.04 Å². The minimum atomic E-state index is 0.695. The summed E-state index contributed by atoms with van der Waals surface area (Å²) >= 11 is 1.51. The van der Waals surface area contributed by atoms with Crippen molar-refractivity contribution in [2.45, 2.75) is 25.3 Å². The van der Waals surface area contributed by atoms with E-state index in [1.165, 1.54) is 37.1 Å². The first-order valence-corrected chi connectivity index (χ1v) is 7.08. The quantitative estimate of drug-likeness (QED) is 0.749. The molecule has 2 aliphatic heterocycles. The van der Waals surface area contributed by atoms with Crippen molar-refractivity contribution in [2.75, 3.05) is 31.1 Å². The lowest BCUT2D eigenvalue weighted by molar-refractivity contribution is 0.112. The van der Waals surface area contributed by atoms with Crippen molar-refractivity contribution >= 4 is 22.8 Å². The van der Waals surface area contributed by atoms with Crippen LogP contribution in [-0.4, -0.2) is 48.4 Å². The van der Waals surface area contributed by atoms with E-state index in [1.807, 2.05) is 0 Å². The van der Waals surface area contributed by atoms with E-state index in [-0.39, 0.29) is 0 Å². The van der Waals surface area contributed by atoms with E-state index in [1.54, 1.807) is 6.20 Å². The summed E-state index contributed by atoms with van der Waals surface area (Å²) in [7, 11) is 0. The SMILES string of the molecule is O=Cc1cnc(N2CCN3CCCCC3C2)s1. The van der Waals surface area contributed by atoms with Gasteiger partial charge in [0.05, 0.1) is 11.1 Å². The van der Waals surface area contributed by atoms with Gasteiger partial charge in [-0.1, -0.05) is 17.8 Å². The van der Waals surface area contributed by atoms with Crippen LogP contribution in [0.4, 0.5) is 5.13 Å². The lowest BCUT2D eigenvalue weighted by atomic mass is 10.00. The number of anilines is 1. The number of aromatic nitrogens is 1. The van der Waals surface area contributed by atoms with Gasteiger partial charge < -0.3 is 4.90 Å². The van der Waals surface area contributed by atoms with Gasteiger partial charge in [0.2, 0.25) is 0 Å². The number of nitrogens with zero attached hydrogens (tertiary/aromatic N) is 3. The van der Waals surface area contributed by atoms with Crippen LogP contribution in [-0.2, 0) is 0 Å². The van der Waals surface area contributed by atoms with Crippen LogP contribution in [0, 0.1) is 0 Å². The molecule has 92 valence electrons. The van der Waals surface area contributed by atoms with Crippen molar-refractivity contribution in [3.63, 3.8) is 0 Å². The number of rotatable bonds is 2. The first-order valence-electron chi connectivity index (χ1n) is 6.27. The molecular weight excluding hydrogens is 234 g/mol. The molecule has 2 fully saturated rings. The molecule has 1 unspecified atom stereocenters. The first kappa shape index (κ1) is 11.2. The zero-order valence-corrected chi connectivity index (χ0v) is 10.7. The lowest BCUT2D eigenvalue weighted by Crippen LogP contribution is -2.54. The second-order valence-corrected chi connectivity index (χ2v) is 5.84. The summed E-state index contributed by atoms with van der Waals surface area (Å²) in [4.78, 5) is 20.7. The van der Waals surface area contributed by atoms with Crippen LogP contribution in [0.5, 0.6) is 0 Å². The van der Waals surface area contributed by atoms with Crippen molar-refractivity contribution < 1.29 is 4.79 Å². The number of carbonyl (C=O) groups excluding carboxylic acids is 1. The molecule has 0 aromatic carbocycles. The molecule has 2 aliphatic rings. The minimum absolute atomic E-state index is 0.695. The third kappa shape index (κ3) is 2.21. The molecule has 3 rings (SSSR count). The Morgan fingerprint density at radius 2 is 2.29 bits per heavy atom. The van der Waals surface area contributed by atoms with Crippen molar-refractivity contribution in [1.82, 2.24) is 9.88 Å². The van der Waals surface area contributed by atoms with Gasteiger partial charge in [-0.3, -0.25) is 9.69 Å². The van der Waals surface area contributed by atoms with E-state index in [9.17, 15) is 4.79 Å². The van der Waals surface area contributed by atoms with Gasteiger partial charge in [-0.15, -0.1) is 0 Å². The summed E-state index contributed by atoms with van der Waals surface area (Å²) in [5.74, 6) is 0. The molecule has 3 heterocycles. The highest BCUT2D eigenvalue weighted by atomic mass is 32.1. The molecule has 1 atom stereocenters. The molecule has 5 heteroatoms. The van der Waals surface area contributed by atoms with Gasteiger partial charge in [0.1, 0.15) is 0 Å². The molecule has 17 heavy (non-hydrogen) atoms.